The minimum Gasteiger partial charge on any atom is -0.383 e. The molecule has 0 saturated heterocycles. The van der Waals surface area contributed by atoms with Crippen molar-refractivity contribution in [3.63, 3.8) is 0 Å². The Balaban J connectivity index is 2.51. The molecule has 0 saturated carbocycles. The number of nitrogens with zero attached hydrogens (tertiary/aromatic N) is 2. The van der Waals surface area contributed by atoms with E-state index in [1.807, 2.05) is 31.3 Å². The second-order valence-corrected chi connectivity index (χ2v) is 5.37. The van der Waals surface area contributed by atoms with Crippen molar-refractivity contribution in [2.24, 2.45) is 13.0 Å². The highest BCUT2D eigenvalue weighted by atomic mass is 35.5. The van der Waals surface area contributed by atoms with Crippen molar-refractivity contribution in [3.05, 3.63) is 35.0 Å². The van der Waals surface area contributed by atoms with Gasteiger partial charge < -0.3 is 5.73 Å². The first-order valence-corrected chi connectivity index (χ1v) is 6.44. The molecule has 0 aliphatic rings. The zero-order valence-electron chi connectivity index (χ0n) is 10.9. The van der Waals surface area contributed by atoms with Crippen molar-refractivity contribution < 1.29 is 0 Å². The molecule has 2 N–H and O–H groups in total. The van der Waals surface area contributed by atoms with Crippen molar-refractivity contribution in [2.45, 2.75) is 20.3 Å². The first-order chi connectivity index (χ1) is 8.49. The number of hydrogen-bond donors (Lipinski definition) is 1. The minimum atomic E-state index is 0.547. The maximum absolute atomic E-state index is 6.12. The number of halogens is 1. The molecule has 0 aliphatic carbocycles. The van der Waals surface area contributed by atoms with Crippen LogP contribution in [-0.2, 0) is 13.5 Å². The molecule has 1 aromatic carbocycles. The lowest BCUT2D eigenvalue weighted by atomic mass is 9.99. The Morgan fingerprint density at radius 2 is 1.89 bits per heavy atom. The van der Waals surface area contributed by atoms with Gasteiger partial charge in [-0.3, -0.25) is 4.68 Å². The van der Waals surface area contributed by atoms with E-state index in [0.717, 1.165) is 28.3 Å². The van der Waals surface area contributed by atoms with E-state index in [2.05, 4.69) is 18.9 Å². The lowest BCUT2D eigenvalue weighted by Gasteiger charge is -2.06. The van der Waals surface area contributed by atoms with Crippen LogP contribution in [0, 0.1) is 5.92 Å². The van der Waals surface area contributed by atoms with Gasteiger partial charge in [-0.25, -0.2) is 0 Å². The van der Waals surface area contributed by atoms with Gasteiger partial charge >= 0.3 is 0 Å². The largest absolute Gasteiger partial charge is 0.383 e. The fourth-order valence-electron chi connectivity index (χ4n) is 2.06. The van der Waals surface area contributed by atoms with Crippen LogP contribution in [0.3, 0.4) is 0 Å². The van der Waals surface area contributed by atoms with Crippen LogP contribution in [-0.4, -0.2) is 9.78 Å². The molecule has 2 aromatic rings. The third-order valence-corrected chi connectivity index (χ3v) is 3.15. The zero-order valence-corrected chi connectivity index (χ0v) is 11.7. The van der Waals surface area contributed by atoms with Crippen LogP contribution < -0.4 is 5.73 Å². The number of anilines is 1. The summed E-state index contributed by atoms with van der Waals surface area (Å²) in [6.45, 7) is 4.35. The van der Waals surface area contributed by atoms with Crippen molar-refractivity contribution in [1.29, 1.82) is 0 Å². The number of rotatable bonds is 3. The van der Waals surface area contributed by atoms with Gasteiger partial charge in [0.15, 0.2) is 0 Å². The lowest BCUT2D eigenvalue weighted by molar-refractivity contribution is 0.622. The minimum absolute atomic E-state index is 0.547. The highest BCUT2D eigenvalue weighted by Crippen LogP contribution is 2.31. The number of hydrogen-bond acceptors (Lipinski definition) is 2. The van der Waals surface area contributed by atoms with Gasteiger partial charge in [-0.1, -0.05) is 37.6 Å². The topological polar surface area (TPSA) is 43.8 Å². The van der Waals surface area contributed by atoms with Gasteiger partial charge in [0.2, 0.25) is 0 Å². The van der Waals surface area contributed by atoms with E-state index in [9.17, 15) is 0 Å². The van der Waals surface area contributed by atoms with Gasteiger partial charge in [0.1, 0.15) is 5.82 Å². The summed E-state index contributed by atoms with van der Waals surface area (Å²) >= 11 is 5.92. The summed E-state index contributed by atoms with van der Waals surface area (Å²) in [4.78, 5) is 0. The van der Waals surface area contributed by atoms with E-state index < -0.39 is 0 Å². The van der Waals surface area contributed by atoms with Gasteiger partial charge in [0.25, 0.3) is 0 Å². The summed E-state index contributed by atoms with van der Waals surface area (Å²) in [6, 6.07) is 7.73. The predicted octanol–water partition coefficient (Wildman–Crippen LogP) is 3.52. The quantitative estimate of drug-likeness (QED) is 0.921. The summed E-state index contributed by atoms with van der Waals surface area (Å²) in [7, 11) is 1.87. The molecule has 4 heteroatoms. The Bertz CT molecular complexity index is 541. The molecule has 0 amide bonds. The van der Waals surface area contributed by atoms with Crippen LogP contribution in [0.15, 0.2) is 24.3 Å². The van der Waals surface area contributed by atoms with Crippen LogP contribution in [0.2, 0.25) is 5.02 Å². The molecule has 18 heavy (non-hydrogen) atoms. The van der Waals surface area contributed by atoms with Crippen LogP contribution in [0.4, 0.5) is 5.82 Å². The van der Waals surface area contributed by atoms with Crippen molar-refractivity contribution in [2.75, 3.05) is 5.73 Å². The maximum Gasteiger partial charge on any atom is 0.129 e. The molecule has 0 spiro atoms. The summed E-state index contributed by atoms with van der Waals surface area (Å²) in [5.74, 6) is 1.25. The Morgan fingerprint density at radius 1 is 1.28 bits per heavy atom. The monoisotopic (exact) mass is 263 g/mol. The van der Waals surface area contributed by atoms with Gasteiger partial charge in [-0.15, -0.1) is 0 Å². The highest BCUT2D eigenvalue weighted by Gasteiger charge is 2.16. The summed E-state index contributed by atoms with van der Waals surface area (Å²) in [6.07, 6.45) is 0.920. The van der Waals surface area contributed by atoms with Crippen LogP contribution in [0.25, 0.3) is 11.1 Å². The maximum atomic E-state index is 6.12. The van der Waals surface area contributed by atoms with Crippen LogP contribution in [0.5, 0.6) is 0 Å². The van der Waals surface area contributed by atoms with Crippen LogP contribution in [0.1, 0.15) is 19.5 Å². The molecule has 0 atom stereocenters. The van der Waals surface area contributed by atoms with Gasteiger partial charge in [-0.2, -0.15) is 5.10 Å². The Hall–Kier alpha value is -1.48. The molecular weight excluding hydrogens is 246 g/mol. The normalized spacial score (nSPS) is 11.2. The first-order valence-electron chi connectivity index (χ1n) is 6.06. The molecule has 0 bridgehead atoms. The number of aromatic nitrogens is 2. The molecule has 0 unspecified atom stereocenters. The Morgan fingerprint density at radius 3 is 2.44 bits per heavy atom. The molecule has 1 aromatic heterocycles. The third-order valence-electron chi connectivity index (χ3n) is 2.90. The van der Waals surface area contributed by atoms with E-state index in [-0.39, 0.29) is 0 Å². The molecule has 0 aliphatic heterocycles. The van der Waals surface area contributed by atoms with Gasteiger partial charge in [0, 0.05) is 17.6 Å². The van der Waals surface area contributed by atoms with E-state index in [1.165, 1.54) is 0 Å². The molecule has 0 fully saturated rings. The van der Waals surface area contributed by atoms with Gasteiger partial charge in [0.05, 0.1) is 5.69 Å². The van der Waals surface area contributed by atoms with E-state index >= 15 is 0 Å². The lowest BCUT2D eigenvalue weighted by Crippen LogP contribution is -1.98. The summed E-state index contributed by atoms with van der Waals surface area (Å²) in [5, 5.41) is 5.24. The molecule has 3 nitrogen and oxygen atoms in total. The second-order valence-electron chi connectivity index (χ2n) is 4.94. The fourth-order valence-corrected chi connectivity index (χ4v) is 2.18. The molecule has 96 valence electrons. The fraction of sp³-hybridized carbons (Fsp3) is 0.357. The third kappa shape index (κ3) is 2.51. The van der Waals surface area contributed by atoms with Crippen molar-refractivity contribution >= 4 is 17.4 Å². The summed E-state index contributed by atoms with van der Waals surface area (Å²) in [5.41, 5.74) is 9.27. The Kier molecular flexibility index (Phi) is 3.62. The van der Waals surface area contributed by atoms with E-state index in [4.69, 9.17) is 17.3 Å². The molecule has 1 heterocycles. The zero-order chi connectivity index (χ0) is 13.3. The first kappa shape index (κ1) is 13.0. The standard InChI is InChI=1S/C14H18ClN3/c1-9(2)8-12-13(14(16)18(3)17-12)10-4-6-11(15)7-5-10/h4-7,9H,8,16H2,1-3H3. The van der Waals surface area contributed by atoms with E-state index in [1.54, 1.807) is 4.68 Å². The second kappa shape index (κ2) is 5.02. The predicted molar refractivity (Wildman–Crippen MR) is 76.6 cm³/mol. The smallest absolute Gasteiger partial charge is 0.129 e. The van der Waals surface area contributed by atoms with Crippen molar-refractivity contribution in [3.8, 4) is 11.1 Å². The number of aryl methyl sites for hydroxylation is 1. The van der Waals surface area contributed by atoms with Crippen molar-refractivity contribution in [1.82, 2.24) is 9.78 Å². The number of benzene rings is 1. The number of nitrogens with two attached hydrogens (primary N) is 1. The summed E-state index contributed by atoms with van der Waals surface area (Å²) < 4.78 is 1.74. The number of nitrogen functional groups attached to an aromatic ring is 1. The average Bonchev–Trinajstić information content (AvgIpc) is 2.55. The molecule has 0 radical (unpaired) electrons. The van der Waals surface area contributed by atoms with Gasteiger partial charge in [-0.05, 0) is 30.0 Å². The SMILES string of the molecule is CC(C)Cc1nn(C)c(N)c1-c1ccc(Cl)cc1. The highest BCUT2D eigenvalue weighted by molar-refractivity contribution is 6.30. The van der Waals surface area contributed by atoms with E-state index in [0.29, 0.717) is 11.7 Å². The van der Waals surface area contributed by atoms with Crippen LogP contribution >= 0.6 is 11.6 Å². The molecular formula is C14H18ClN3. The molecule has 2 rings (SSSR count). The Labute approximate surface area is 113 Å². The average molecular weight is 264 g/mol.